The predicted octanol–water partition coefficient (Wildman–Crippen LogP) is 18.9. The number of fused-ring (bicyclic) bond motifs is 9. The maximum absolute atomic E-state index is 2.54. The van der Waals surface area contributed by atoms with Crippen molar-refractivity contribution in [3.05, 3.63) is 266 Å². The van der Waals surface area contributed by atoms with Crippen LogP contribution >= 0.6 is 0 Å². The van der Waals surface area contributed by atoms with Gasteiger partial charge in [0.2, 0.25) is 0 Å². The minimum absolute atomic E-state index is 0.306. The molecule has 0 aromatic heterocycles. The Bertz CT molecular complexity index is 3710. The first-order valence-corrected chi connectivity index (χ1v) is 24.0. The number of hydrogen-bond donors (Lipinski definition) is 0. The zero-order valence-corrected chi connectivity index (χ0v) is 38.6. The fraction of sp³-hybridized carbons (Fsp3) is 0.0448. The lowest BCUT2D eigenvalue weighted by molar-refractivity contribution is 0.660. The Morgan fingerprint density at radius 3 is 1.03 bits per heavy atom. The average molecular weight is 881 g/mol. The Balaban J connectivity index is 0.969. The predicted molar refractivity (Wildman–Crippen MR) is 294 cm³/mol. The number of hydrogen-bond acceptors (Lipinski definition) is 2. The Morgan fingerprint density at radius 1 is 0.261 bits per heavy atom. The number of rotatable bonds is 8. The molecule has 0 aliphatic heterocycles. The van der Waals surface area contributed by atoms with Gasteiger partial charge in [0, 0.05) is 38.9 Å². The van der Waals surface area contributed by atoms with Crippen LogP contribution in [0.1, 0.15) is 25.0 Å². The molecule has 69 heavy (non-hydrogen) atoms. The van der Waals surface area contributed by atoms with Crippen molar-refractivity contribution in [3.63, 3.8) is 0 Å². The second-order valence-corrected chi connectivity index (χ2v) is 18.9. The van der Waals surface area contributed by atoms with Crippen LogP contribution in [-0.2, 0) is 5.41 Å². The van der Waals surface area contributed by atoms with E-state index in [0.717, 1.165) is 34.1 Å². The van der Waals surface area contributed by atoms with E-state index in [4.69, 9.17) is 0 Å². The second-order valence-electron chi connectivity index (χ2n) is 18.9. The van der Waals surface area contributed by atoms with Gasteiger partial charge in [0.15, 0.2) is 0 Å². The molecular formula is C67H48N2. The summed E-state index contributed by atoms with van der Waals surface area (Å²) in [7, 11) is 0. The first-order chi connectivity index (χ1) is 34.0. The van der Waals surface area contributed by atoms with Gasteiger partial charge in [-0.15, -0.1) is 0 Å². The molecule has 12 aromatic carbocycles. The summed E-state index contributed by atoms with van der Waals surface area (Å²) in [5.41, 5.74) is 16.5. The fourth-order valence-corrected chi connectivity index (χ4v) is 11.2. The molecule has 0 fully saturated rings. The van der Waals surface area contributed by atoms with Gasteiger partial charge in [-0.05, 0) is 137 Å². The highest BCUT2D eigenvalue weighted by Crippen LogP contribution is 2.54. The van der Waals surface area contributed by atoms with Crippen LogP contribution in [0.4, 0.5) is 34.1 Å². The van der Waals surface area contributed by atoms with Gasteiger partial charge in [-0.25, -0.2) is 0 Å². The van der Waals surface area contributed by atoms with Crippen molar-refractivity contribution in [1.29, 1.82) is 0 Å². The summed E-state index contributed by atoms with van der Waals surface area (Å²) in [6, 6.07) is 93.8. The summed E-state index contributed by atoms with van der Waals surface area (Å²) in [6.45, 7) is 4.81. The summed E-state index contributed by atoms with van der Waals surface area (Å²) in [4.78, 5) is 4.94. The van der Waals surface area contributed by atoms with Crippen LogP contribution in [0, 0.1) is 0 Å². The molecule has 0 radical (unpaired) electrons. The third kappa shape index (κ3) is 6.79. The van der Waals surface area contributed by atoms with Crippen LogP contribution in [0.2, 0.25) is 0 Å². The van der Waals surface area contributed by atoms with Crippen molar-refractivity contribution in [3.8, 4) is 33.4 Å². The molecule has 0 N–H and O–H groups in total. The zero-order chi connectivity index (χ0) is 46.1. The van der Waals surface area contributed by atoms with Crippen LogP contribution in [0.25, 0.3) is 76.5 Å². The van der Waals surface area contributed by atoms with Gasteiger partial charge < -0.3 is 9.80 Å². The lowest BCUT2D eigenvalue weighted by Crippen LogP contribution is -2.18. The highest BCUT2D eigenvalue weighted by Gasteiger charge is 2.37. The molecule has 13 rings (SSSR count). The van der Waals surface area contributed by atoms with Crippen LogP contribution in [0.3, 0.4) is 0 Å². The Kier molecular flexibility index (Phi) is 9.55. The third-order valence-electron chi connectivity index (χ3n) is 14.6. The Morgan fingerprint density at radius 2 is 0.594 bits per heavy atom. The Labute approximate surface area is 403 Å². The van der Waals surface area contributed by atoms with Crippen molar-refractivity contribution in [1.82, 2.24) is 0 Å². The molecule has 326 valence electrons. The number of benzene rings is 12. The molecule has 1 aliphatic rings. The van der Waals surface area contributed by atoms with Crippen molar-refractivity contribution >= 4 is 77.2 Å². The van der Waals surface area contributed by atoms with Crippen LogP contribution < -0.4 is 9.80 Å². The van der Waals surface area contributed by atoms with E-state index in [2.05, 4.69) is 278 Å². The number of nitrogens with zero attached hydrogens (tertiary/aromatic N) is 2. The van der Waals surface area contributed by atoms with Gasteiger partial charge in [-0.3, -0.25) is 0 Å². The van der Waals surface area contributed by atoms with E-state index in [0.29, 0.717) is 0 Å². The largest absolute Gasteiger partial charge is 0.310 e. The Hall–Kier alpha value is -8.72. The summed E-state index contributed by atoms with van der Waals surface area (Å²) in [6.07, 6.45) is 0. The molecule has 0 atom stereocenters. The van der Waals surface area contributed by atoms with Crippen molar-refractivity contribution < 1.29 is 0 Å². The molecule has 1 aliphatic carbocycles. The molecule has 0 amide bonds. The van der Waals surface area contributed by atoms with E-state index in [9.17, 15) is 0 Å². The summed E-state index contributed by atoms with van der Waals surface area (Å²) >= 11 is 0. The molecule has 2 nitrogen and oxygen atoms in total. The smallest absolute Gasteiger partial charge is 0.0546 e. The highest BCUT2D eigenvalue weighted by molar-refractivity contribution is 6.18. The highest BCUT2D eigenvalue weighted by atomic mass is 15.2. The summed E-state index contributed by atoms with van der Waals surface area (Å²) < 4.78 is 0. The topological polar surface area (TPSA) is 6.48 Å². The van der Waals surface area contributed by atoms with Crippen LogP contribution in [0.15, 0.2) is 255 Å². The molecule has 0 spiro atoms. The zero-order valence-electron chi connectivity index (χ0n) is 38.6. The molecule has 0 saturated heterocycles. The maximum atomic E-state index is 2.54. The number of anilines is 6. The standard InChI is InChI=1S/C67H48N2/c1-67(2)63-43-53(68(51-33-29-47(30-34-51)45-17-5-3-6-18-45)52-35-31-48(32-36-52)46-19-7-4-8-20-46)37-39-59(63)60-40-38-54(44-64(60)67)69(65-41-49-21-9-11-23-55(49)57-25-13-15-27-61(57)65)66-42-50-22-10-12-24-56(50)58-26-14-16-28-62(58)66/h3-44H,1-2H3. The van der Waals surface area contributed by atoms with E-state index in [1.54, 1.807) is 0 Å². The summed E-state index contributed by atoms with van der Waals surface area (Å²) in [5, 5.41) is 9.88. The molecule has 0 saturated carbocycles. The minimum atomic E-state index is -0.306. The second kappa shape index (κ2) is 16.3. The van der Waals surface area contributed by atoms with Gasteiger partial charge in [0.1, 0.15) is 0 Å². The van der Waals surface area contributed by atoms with Crippen molar-refractivity contribution in [2.24, 2.45) is 0 Å². The lowest BCUT2D eigenvalue weighted by Gasteiger charge is -2.31. The van der Waals surface area contributed by atoms with Gasteiger partial charge >= 0.3 is 0 Å². The van der Waals surface area contributed by atoms with Crippen molar-refractivity contribution in [2.75, 3.05) is 9.80 Å². The lowest BCUT2D eigenvalue weighted by atomic mass is 9.82. The van der Waals surface area contributed by atoms with Crippen LogP contribution in [0.5, 0.6) is 0 Å². The van der Waals surface area contributed by atoms with Gasteiger partial charge in [0.25, 0.3) is 0 Å². The molecule has 0 unspecified atom stereocenters. The van der Waals surface area contributed by atoms with E-state index < -0.39 is 0 Å². The van der Waals surface area contributed by atoms with Crippen molar-refractivity contribution in [2.45, 2.75) is 19.3 Å². The minimum Gasteiger partial charge on any atom is -0.310 e. The first kappa shape index (κ1) is 40.5. The average Bonchev–Trinajstić information content (AvgIpc) is 3.64. The quantitative estimate of drug-likeness (QED) is 0.140. The summed E-state index contributed by atoms with van der Waals surface area (Å²) in [5.74, 6) is 0. The molecule has 12 aromatic rings. The molecule has 0 heterocycles. The molecular weight excluding hydrogens is 833 g/mol. The van der Waals surface area contributed by atoms with Crippen LogP contribution in [-0.4, -0.2) is 0 Å². The monoisotopic (exact) mass is 880 g/mol. The maximum Gasteiger partial charge on any atom is 0.0546 e. The molecule has 2 heteroatoms. The van der Waals surface area contributed by atoms with E-state index >= 15 is 0 Å². The van der Waals surface area contributed by atoms with Gasteiger partial charge in [-0.1, -0.05) is 208 Å². The molecule has 0 bridgehead atoms. The normalized spacial score (nSPS) is 12.6. The van der Waals surface area contributed by atoms with E-state index in [1.165, 1.54) is 87.6 Å². The van der Waals surface area contributed by atoms with Gasteiger partial charge in [-0.2, -0.15) is 0 Å². The fourth-order valence-electron chi connectivity index (χ4n) is 11.2. The van der Waals surface area contributed by atoms with Gasteiger partial charge in [0.05, 0.1) is 11.4 Å². The SMILES string of the molecule is CC1(C)c2cc(N(c3ccc(-c4ccccc4)cc3)c3ccc(-c4ccccc4)cc3)ccc2-c2ccc(N(c3cc4ccccc4c4ccccc34)c3cc4ccccc4c4ccccc34)cc21. The van der Waals surface area contributed by atoms with E-state index in [1.807, 2.05) is 0 Å². The third-order valence-corrected chi connectivity index (χ3v) is 14.6. The van der Waals surface area contributed by atoms with E-state index in [-0.39, 0.29) is 5.41 Å². The first-order valence-electron chi connectivity index (χ1n) is 24.0.